The number of hydrogen-bond acceptors (Lipinski definition) is 1. The maximum absolute atomic E-state index is 10.7. The van der Waals surface area contributed by atoms with Crippen molar-refractivity contribution >= 4 is 10.8 Å². The number of aliphatic hydroxyl groups excluding tert-OH is 1. The van der Waals surface area contributed by atoms with Crippen LogP contribution < -0.4 is 0 Å². The maximum Gasteiger partial charge on any atom is 0.0833 e. The Morgan fingerprint density at radius 1 is 0.857 bits per heavy atom. The second-order valence-electron chi connectivity index (χ2n) is 5.85. The van der Waals surface area contributed by atoms with Crippen molar-refractivity contribution in [3.05, 3.63) is 82.9 Å². The highest BCUT2D eigenvalue weighted by Crippen LogP contribution is 2.36. The fraction of sp³-hybridized carbons (Fsp3) is 0.200. The molecule has 0 radical (unpaired) electrons. The van der Waals surface area contributed by atoms with Gasteiger partial charge in [-0.3, -0.25) is 0 Å². The highest BCUT2D eigenvalue weighted by Gasteiger charge is 2.21. The number of aryl methyl sites for hydroxylation is 2. The Kier molecular flexibility index (Phi) is 3.01. The summed E-state index contributed by atoms with van der Waals surface area (Å²) in [6.45, 7) is 0. The molecule has 1 aliphatic rings. The van der Waals surface area contributed by atoms with Gasteiger partial charge in [0, 0.05) is 6.42 Å². The predicted molar refractivity (Wildman–Crippen MR) is 86.5 cm³/mol. The SMILES string of the molecule is OC(Cc1ccccc1)c1ccc2cccc3c2c1CC3. The summed E-state index contributed by atoms with van der Waals surface area (Å²) in [7, 11) is 0. The van der Waals surface area contributed by atoms with Crippen molar-refractivity contribution in [2.45, 2.75) is 25.4 Å². The quantitative estimate of drug-likeness (QED) is 0.758. The van der Waals surface area contributed by atoms with Crippen LogP contribution in [0.3, 0.4) is 0 Å². The fourth-order valence-electron chi connectivity index (χ4n) is 3.55. The number of hydrogen-bond donors (Lipinski definition) is 1. The van der Waals surface area contributed by atoms with E-state index in [9.17, 15) is 5.11 Å². The second-order valence-corrected chi connectivity index (χ2v) is 5.85. The molecule has 1 atom stereocenters. The van der Waals surface area contributed by atoms with Crippen LogP contribution in [-0.2, 0) is 19.3 Å². The molecule has 1 aliphatic carbocycles. The molecule has 1 N–H and O–H groups in total. The van der Waals surface area contributed by atoms with E-state index < -0.39 is 6.10 Å². The molecule has 1 heteroatoms. The Morgan fingerprint density at radius 2 is 1.71 bits per heavy atom. The fourth-order valence-corrected chi connectivity index (χ4v) is 3.55. The molecule has 1 nitrogen and oxygen atoms in total. The summed E-state index contributed by atoms with van der Waals surface area (Å²) in [6, 6.07) is 21.0. The first-order chi connectivity index (χ1) is 10.3. The summed E-state index contributed by atoms with van der Waals surface area (Å²) < 4.78 is 0. The van der Waals surface area contributed by atoms with E-state index in [1.165, 1.54) is 27.5 Å². The van der Waals surface area contributed by atoms with E-state index in [0.29, 0.717) is 6.42 Å². The molecular weight excluding hydrogens is 256 g/mol. The van der Waals surface area contributed by atoms with E-state index >= 15 is 0 Å². The van der Waals surface area contributed by atoms with Crippen molar-refractivity contribution in [2.75, 3.05) is 0 Å². The average Bonchev–Trinajstić information content (AvgIpc) is 2.95. The lowest BCUT2D eigenvalue weighted by Crippen LogP contribution is -2.05. The van der Waals surface area contributed by atoms with Crippen molar-refractivity contribution in [1.82, 2.24) is 0 Å². The monoisotopic (exact) mass is 274 g/mol. The summed E-state index contributed by atoms with van der Waals surface area (Å²) in [5.41, 5.74) is 5.07. The smallest absolute Gasteiger partial charge is 0.0833 e. The van der Waals surface area contributed by atoms with Gasteiger partial charge in [-0.2, -0.15) is 0 Å². The minimum atomic E-state index is -0.419. The first kappa shape index (κ1) is 12.6. The molecule has 0 bridgehead atoms. The van der Waals surface area contributed by atoms with Gasteiger partial charge in [0.25, 0.3) is 0 Å². The normalized spacial score (nSPS) is 14.5. The van der Waals surface area contributed by atoms with E-state index in [0.717, 1.165) is 18.4 Å². The Hall–Kier alpha value is -2.12. The molecular formula is C20H18O. The first-order valence-electron chi connectivity index (χ1n) is 7.58. The molecule has 0 heterocycles. The van der Waals surface area contributed by atoms with Crippen LogP contribution in [0.4, 0.5) is 0 Å². The van der Waals surface area contributed by atoms with Gasteiger partial charge in [-0.15, -0.1) is 0 Å². The maximum atomic E-state index is 10.7. The summed E-state index contributed by atoms with van der Waals surface area (Å²) in [5.74, 6) is 0. The second kappa shape index (κ2) is 5.01. The zero-order valence-corrected chi connectivity index (χ0v) is 11.9. The van der Waals surface area contributed by atoms with Crippen LogP contribution in [0.2, 0.25) is 0 Å². The molecule has 0 aliphatic heterocycles. The van der Waals surface area contributed by atoms with Gasteiger partial charge in [0.1, 0.15) is 0 Å². The van der Waals surface area contributed by atoms with Crippen LogP contribution in [0.15, 0.2) is 60.7 Å². The van der Waals surface area contributed by atoms with Crippen LogP contribution in [0.5, 0.6) is 0 Å². The van der Waals surface area contributed by atoms with Crippen molar-refractivity contribution in [3.8, 4) is 0 Å². The largest absolute Gasteiger partial charge is 0.388 e. The molecule has 1 unspecified atom stereocenters. The highest BCUT2D eigenvalue weighted by atomic mass is 16.3. The molecule has 0 aromatic heterocycles. The molecule has 0 fully saturated rings. The minimum Gasteiger partial charge on any atom is -0.388 e. The minimum absolute atomic E-state index is 0.419. The summed E-state index contributed by atoms with van der Waals surface area (Å²) in [4.78, 5) is 0. The van der Waals surface area contributed by atoms with Gasteiger partial charge in [0.15, 0.2) is 0 Å². The van der Waals surface area contributed by atoms with Crippen LogP contribution in [0, 0.1) is 0 Å². The lowest BCUT2D eigenvalue weighted by molar-refractivity contribution is 0.177. The van der Waals surface area contributed by atoms with Gasteiger partial charge in [-0.25, -0.2) is 0 Å². The topological polar surface area (TPSA) is 20.2 Å². The van der Waals surface area contributed by atoms with Crippen molar-refractivity contribution in [2.24, 2.45) is 0 Å². The number of rotatable bonds is 3. The van der Waals surface area contributed by atoms with Gasteiger partial charge in [0.05, 0.1) is 6.10 Å². The lowest BCUT2D eigenvalue weighted by Gasteiger charge is -2.15. The number of benzene rings is 3. The first-order valence-corrected chi connectivity index (χ1v) is 7.58. The van der Waals surface area contributed by atoms with Crippen molar-refractivity contribution in [3.63, 3.8) is 0 Å². The third-order valence-electron chi connectivity index (χ3n) is 4.55. The zero-order chi connectivity index (χ0) is 14.2. The van der Waals surface area contributed by atoms with E-state index in [4.69, 9.17) is 0 Å². The predicted octanol–water partition coefficient (Wildman–Crippen LogP) is 4.21. The Balaban J connectivity index is 1.75. The Morgan fingerprint density at radius 3 is 2.57 bits per heavy atom. The molecule has 0 saturated carbocycles. The van der Waals surface area contributed by atoms with E-state index in [-0.39, 0.29) is 0 Å². The van der Waals surface area contributed by atoms with Gasteiger partial charge in [-0.1, -0.05) is 60.7 Å². The van der Waals surface area contributed by atoms with E-state index in [1.807, 2.05) is 18.2 Å². The third-order valence-corrected chi connectivity index (χ3v) is 4.55. The van der Waals surface area contributed by atoms with Gasteiger partial charge in [-0.05, 0) is 45.9 Å². The third kappa shape index (κ3) is 2.14. The molecule has 0 saturated heterocycles. The Labute approximate surface area is 124 Å². The van der Waals surface area contributed by atoms with Gasteiger partial charge in [0.2, 0.25) is 0 Å². The summed E-state index contributed by atoms with van der Waals surface area (Å²) in [5, 5.41) is 13.3. The van der Waals surface area contributed by atoms with E-state index in [1.54, 1.807) is 0 Å². The summed E-state index contributed by atoms with van der Waals surface area (Å²) >= 11 is 0. The van der Waals surface area contributed by atoms with Crippen LogP contribution in [0.1, 0.15) is 28.4 Å². The molecule has 3 aromatic rings. The van der Waals surface area contributed by atoms with Gasteiger partial charge < -0.3 is 5.11 Å². The summed E-state index contributed by atoms with van der Waals surface area (Å²) in [6.07, 6.45) is 2.42. The molecule has 0 spiro atoms. The van der Waals surface area contributed by atoms with Crippen LogP contribution in [-0.4, -0.2) is 5.11 Å². The molecule has 0 amide bonds. The average molecular weight is 274 g/mol. The standard InChI is InChI=1S/C20H18O/c21-19(13-14-5-2-1-3-6-14)17-11-9-15-7-4-8-16-10-12-18(17)20(15)16/h1-9,11,19,21H,10,12-13H2. The van der Waals surface area contributed by atoms with Crippen molar-refractivity contribution < 1.29 is 5.11 Å². The Bertz CT molecular complexity index is 790. The van der Waals surface area contributed by atoms with Crippen LogP contribution in [0.25, 0.3) is 10.8 Å². The lowest BCUT2D eigenvalue weighted by atomic mass is 9.93. The van der Waals surface area contributed by atoms with E-state index in [2.05, 4.69) is 42.5 Å². The van der Waals surface area contributed by atoms with Crippen molar-refractivity contribution in [1.29, 1.82) is 0 Å². The number of aliphatic hydroxyl groups is 1. The molecule has 104 valence electrons. The highest BCUT2D eigenvalue weighted by molar-refractivity contribution is 5.91. The zero-order valence-electron chi connectivity index (χ0n) is 11.9. The van der Waals surface area contributed by atoms with Gasteiger partial charge >= 0.3 is 0 Å². The molecule has 4 rings (SSSR count). The molecule has 21 heavy (non-hydrogen) atoms. The van der Waals surface area contributed by atoms with Crippen LogP contribution >= 0.6 is 0 Å². The molecule has 3 aromatic carbocycles.